The van der Waals surface area contributed by atoms with Crippen molar-refractivity contribution in [3.05, 3.63) is 0 Å². The molecule has 0 bridgehead atoms. The minimum Gasteiger partial charge on any atom is -0.550 e. The highest BCUT2D eigenvalue weighted by Crippen LogP contribution is 2.30. The summed E-state index contributed by atoms with van der Waals surface area (Å²) in [6, 6.07) is -0.453. The van der Waals surface area contributed by atoms with E-state index in [1.54, 1.807) is 0 Å². The predicted molar refractivity (Wildman–Crippen MR) is 212 cm³/mol. The molecule has 0 aromatic rings. The van der Waals surface area contributed by atoms with Gasteiger partial charge in [-0.3, -0.25) is 4.79 Å². The Balaban J connectivity index is 0. The number of aliphatic carboxylic acids is 1. The molecule has 6 heteroatoms. The highest BCUT2D eigenvalue weighted by molar-refractivity contribution is 5.91. The van der Waals surface area contributed by atoms with Crippen molar-refractivity contribution in [1.29, 1.82) is 0 Å². The minimum atomic E-state index is -1.87. The zero-order valence-corrected chi connectivity index (χ0v) is 34.5. The van der Waals surface area contributed by atoms with Crippen LogP contribution in [0.4, 0.5) is 0 Å². The summed E-state index contributed by atoms with van der Waals surface area (Å²) < 4.78 is 0.368. The van der Waals surface area contributed by atoms with Crippen molar-refractivity contribution in [2.75, 3.05) is 21.1 Å². The Morgan fingerprint density at radius 3 is 1.04 bits per heavy atom. The number of hydrogen-bond acceptors (Lipinski definition) is 4. The van der Waals surface area contributed by atoms with Gasteiger partial charge in [-0.05, 0) is 12.8 Å². The lowest BCUT2D eigenvalue weighted by atomic mass is 9.80. The molecule has 2 unspecified atom stereocenters. The van der Waals surface area contributed by atoms with E-state index in [1.165, 1.54) is 161 Å². The topological polar surface area (TPSA) is 77.4 Å². The fraction of sp³-hybridized carbons (Fsp3) is 0.953. The van der Waals surface area contributed by atoms with E-state index < -0.39 is 24.0 Å². The largest absolute Gasteiger partial charge is 0.550 e. The van der Waals surface area contributed by atoms with Crippen molar-refractivity contribution >= 4 is 24.2 Å². The number of aliphatic hydroxyl groups is 1. The normalized spacial score (nSPS) is 13.6. The maximum absolute atomic E-state index is 13.4. The van der Waals surface area contributed by atoms with E-state index in [2.05, 4.69) is 13.8 Å². The zero-order chi connectivity index (χ0) is 35.8. The Kier molecular flexibility index (Phi) is 35.5. The second-order valence-corrected chi connectivity index (χ2v) is 16.3. The molecule has 1 N–H and O–H groups in total. The van der Waals surface area contributed by atoms with Crippen LogP contribution in [0.5, 0.6) is 0 Å². The molecule has 0 amide bonds. The molecule has 0 fully saturated rings. The van der Waals surface area contributed by atoms with Crippen molar-refractivity contribution in [3.63, 3.8) is 0 Å². The smallest absolute Gasteiger partial charge is 0.179 e. The van der Waals surface area contributed by atoms with E-state index in [0.717, 1.165) is 38.5 Å². The van der Waals surface area contributed by atoms with Crippen LogP contribution in [0.25, 0.3) is 0 Å². The fourth-order valence-corrected chi connectivity index (χ4v) is 7.65. The summed E-state index contributed by atoms with van der Waals surface area (Å²) in [6.45, 7) is 4.54. The van der Waals surface area contributed by atoms with Crippen LogP contribution < -0.4 is 5.11 Å². The number of Topliss-reactive ketones (excluding diaryl/α,β-unsaturated/α-hetero) is 1. The second kappa shape index (κ2) is 34.4. The standard InChI is InChI=1S/C43H85NO4.ClH/c1-6-8-10-12-14-16-18-20-22-24-25-27-29-31-33-35-37-40(44(3,4)5)43(48,39-42(46)47)41(45)38-36-34-32-30-28-26-23-21-19-17-15-13-11-9-7-2;/h40,48H,6-39H2,1-5H3;1H. The van der Waals surface area contributed by atoms with Crippen LogP contribution in [0.3, 0.4) is 0 Å². The van der Waals surface area contributed by atoms with Gasteiger partial charge in [0.15, 0.2) is 11.4 Å². The average Bonchev–Trinajstić information content (AvgIpc) is 3.03. The van der Waals surface area contributed by atoms with E-state index in [4.69, 9.17) is 0 Å². The monoisotopic (exact) mass is 716 g/mol. The predicted octanol–water partition coefficient (Wildman–Crippen LogP) is 11.8. The number of hydrogen-bond donors (Lipinski definition) is 1. The SMILES string of the molecule is CCCCCCCCCCCCCCCCCCC(C(O)(CC(=O)[O-])C(=O)CCCCCCCCCCCCCCCCC)[N+](C)(C)C.Cl. The molecule has 0 aromatic carbocycles. The summed E-state index contributed by atoms with van der Waals surface area (Å²) in [5, 5.41) is 23.5. The van der Waals surface area contributed by atoms with Gasteiger partial charge in [0.1, 0.15) is 6.04 Å². The van der Waals surface area contributed by atoms with Gasteiger partial charge in [0.2, 0.25) is 0 Å². The Bertz CT molecular complexity index is 740. The maximum Gasteiger partial charge on any atom is 0.179 e. The molecule has 0 aliphatic heterocycles. The summed E-state index contributed by atoms with van der Waals surface area (Å²) in [5.41, 5.74) is -1.87. The number of carboxylic acid groups (broad SMARTS) is 1. The summed E-state index contributed by atoms with van der Waals surface area (Å²) in [5.74, 6) is -1.65. The van der Waals surface area contributed by atoms with Gasteiger partial charge in [-0.15, -0.1) is 12.4 Å². The van der Waals surface area contributed by atoms with Crippen LogP contribution in [-0.2, 0) is 9.59 Å². The fourth-order valence-electron chi connectivity index (χ4n) is 7.65. The molecule has 2 atom stereocenters. The molecule has 0 saturated heterocycles. The number of rotatable bonds is 38. The van der Waals surface area contributed by atoms with Gasteiger partial charge in [-0.2, -0.15) is 0 Å². The highest BCUT2D eigenvalue weighted by atomic mass is 35.5. The van der Waals surface area contributed by atoms with Gasteiger partial charge >= 0.3 is 0 Å². The van der Waals surface area contributed by atoms with Crippen LogP contribution in [0.2, 0.25) is 0 Å². The lowest BCUT2D eigenvalue weighted by Gasteiger charge is -2.44. The van der Waals surface area contributed by atoms with Gasteiger partial charge in [-0.1, -0.05) is 200 Å². The third kappa shape index (κ3) is 29.6. The van der Waals surface area contributed by atoms with Crippen molar-refractivity contribution in [3.8, 4) is 0 Å². The number of carbonyl (C=O) groups excluding carboxylic acids is 2. The molecule has 0 aliphatic rings. The zero-order valence-electron chi connectivity index (χ0n) is 33.6. The summed E-state index contributed by atoms with van der Waals surface area (Å²) in [7, 11) is 5.91. The molecular weight excluding hydrogens is 630 g/mol. The summed E-state index contributed by atoms with van der Waals surface area (Å²) in [4.78, 5) is 25.2. The molecule has 0 aliphatic carbocycles. The molecule has 0 saturated carbocycles. The molecule has 49 heavy (non-hydrogen) atoms. The lowest BCUT2D eigenvalue weighted by Crippen LogP contribution is -2.63. The van der Waals surface area contributed by atoms with E-state index in [-0.39, 0.29) is 24.6 Å². The van der Waals surface area contributed by atoms with Crippen molar-refractivity contribution in [2.24, 2.45) is 0 Å². The molecular formula is C43H86ClNO4. The first kappa shape index (κ1) is 50.5. The van der Waals surface area contributed by atoms with E-state index in [9.17, 15) is 19.8 Å². The third-order valence-corrected chi connectivity index (χ3v) is 10.7. The third-order valence-electron chi connectivity index (χ3n) is 10.7. The first-order valence-electron chi connectivity index (χ1n) is 21.4. The quantitative estimate of drug-likeness (QED) is 0.0510. The first-order valence-corrected chi connectivity index (χ1v) is 21.4. The van der Waals surface area contributed by atoms with Crippen LogP contribution in [0.1, 0.15) is 232 Å². The second-order valence-electron chi connectivity index (χ2n) is 16.3. The molecule has 0 radical (unpaired) electrons. The van der Waals surface area contributed by atoms with Gasteiger partial charge in [0.25, 0.3) is 0 Å². The first-order chi connectivity index (χ1) is 23.1. The van der Waals surface area contributed by atoms with Crippen molar-refractivity contribution < 1.29 is 24.3 Å². The van der Waals surface area contributed by atoms with Crippen LogP contribution in [0.15, 0.2) is 0 Å². The number of carbonyl (C=O) groups is 2. The number of ketones is 1. The Hall–Kier alpha value is -0.650. The van der Waals surface area contributed by atoms with Gasteiger partial charge in [-0.25, -0.2) is 0 Å². The molecule has 294 valence electrons. The Morgan fingerprint density at radius 2 is 0.776 bits per heavy atom. The maximum atomic E-state index is 13.4. The molecule has 0 rings (SSSR count). The van der Waals surface area contributed by atoms with E-state index in [0.29, 0.717) is 10.9 Å². The molecule has 0 spiro atoms. The Labute approximate surface area is 312 Å². The molecule has 0 heterocycles. The van der Waals surface area contributed by atoms with Gasteiger partial charge in [0.05, 0.1) is 21.1 Å². The van der Waals surface area contributed by atoms with Gasteiger partial charge < -0.3 is 19.5 Å². The average molecular weight is 717 g/mol. The van der Waals surface area contributed by atoms with Crippen LogP contribution >= 0.6 is 12.4 Å². The number of halogens is 1. The summed E-state index contributed by atoms with van der Waals surface area (Å²) >= 11 is 0. The lowest BCUT2D eigenvalue weighted by molar-refractivity contribution is -0.902. The minimum absolute atomic E-state index is 0. The summed E-state index contributed by atoms with van der Waals surface area (Å²) in [6.07, 6.45) is 39.9. The highest BCUT2D eigenvalue weighted by Gasteiger charge is 2.49. The molecule has 5 nitrogen and oxygen atoms in total. The Morgan fingerprint density at radius 1 is 0.510 bits per heavy atom. The van der Waals surface area contributed by atoms with Crippen LogP contribution in [0, 0.1) is 0 Å². The molecule has 0 aromatic heterocycles. The number of likely N-dealkylation sites (N-methyl/N-ethyl adjacent to an activating group) is 1. The van der Waals surface area contributed by atoms with E-state index >= 15 is 0 Å². The van der Waals surface area contributed by atoms with Crippen molar-refractivity contribution in [1.82, 2.24) is 0 Å². The van der Waals surface area contributed by atoms with E-state index in [1.807, 2.05) is 21.1 Å². The number of carboxylic acids is 1. The number of nitrogens with zero attached hydrogens (tertiary/aromatic N) is 1. The van der Waals surface area contributed by atoms with Crippen LogP contribution in [-0.4, -0.2) is 54.1 Å². The number of quaternary nitrogens is 1. The number of unbranched alkanes of at least 4 members (excludes halogenated alkanes) is 29. The van der Waals surface area contributed by atoms with Crippen molar-refractivity contribution in [2.45, 2.75) is 244 Å². The van der Waals surface area contributed by atoms with Gasteiger partial charge in [0, 0.05) is 25.2 Å².